The molecular formula is C8H3F3N4O. The van der Waals surface area contributed by atoms with Crippen LogP contribution in [-0.4, -0.2) is 6.36 Å². The Labute approximate surface area is 87.3 Å². The molecular weight excluding hydrogens is 225 g/mol. The smallest absolute Gasteiger partial charge is 0.404 e. The number of nitrogens with zero attached hydrogens (tertiary/aromatic N) is 4. The van der Waals surface area contributed by atoms with Gasteiger partial charge in [0.05, 0.1) is 5.56 Å². The highest BCUT2D eigenvalue weighted by Crippen LogP contribution is 2.29. The molecule has 0 heterocycles. The van der Waals surface area contributed by atoms with Gasteiger partial charge in [0.25, 0.3) is 0 Å². The van der Waals surface area contributed by atoms with E-state index in [4.69, 9.17) is 10.8 Å². The minimum absolute atomic E-state index is 0.0357. The lowest BCUT2D eigenvalue weighted by atomic mass is 10.2. The summed E-state index contributed by atoms with van der Waals surface area (Å²) >= 11 is 0. The van der Waals surface area contributed by atoms with Crippen LogP contribution >= 0.6 is 0 Å². The van der Waals surface area contributed by atoms with Crippen LogP contribution in [0.3, 0.4) is 0 Å². The molecule has 82 valence electrons. The Kier molecular flexibility index (Phi) is 3.23. The number of nitriles is 1. The van der Waals surface area contributed by atoms with Crippen LogP contribution in [0, 0.1) is 11.3 Å². The zero-order chi connectivity index (χ0) is 12.2. The summed E-state index contributed by atoms with van der Waals surface area (Å²) in [5, 5.41) is 11.7. The van der Waals surface area contributed by atoms with E-state index in [1.807, 2.05) is 0 Å². The highest BCUT2D eigenvalue weighted by Gasteiger charge is 2.32. The van der Waals surface area contributed by atoms with Crippen LogP contribution in [0.1, 0.15) is 5.56 Å². The van der Waals surface area contributed by atoms with Crippen molar-refractivity contribution in [2.75, 3.05) is 0 Å². The molecule has 0 saturated heterocycles. The number of rotatable bonds is 2. The van der Waals surface area contributed by atoms with Gasteiger partial charge in [-0.2, -0.15) is 5.26 Å². The van der Waals surface area contributed by atoms with Gasteiger partial charge in [0.1, 0.15) is 11.8 Å². The fourth-order valence-corrected chi connectivity index (χ4v) is 0.933. The Morgan fingerprint density at radius 2 is 2.12 bits per heavy atom. The molecule has 0 N–H and O–H groups in total. The molecule has 0 fully saturated rings. The maximum Gasteiger partial charge on any atom is 0.573 e. The number of ether oxygens (including phenoxy) is 1. The Hall–Kier alpha value is -2.39. The summed E-state index contributed by atoms with van der Waals surface area (Å²) in [5.41, 5.74) is 7.78. The van der Waals surface area contributed by atoms with E-state index in [0.717, 1.165) is 18.2 Å². The van der Waals surface area contributed by atoms with Gasteiger partial charge in [-0.25, -0.2) is 0 Å². The maximum absolute atomic E-state index is 11.9. The molecule has 1 rings (SSSR count). The Morgan fingerprint density at radius 3 is 2.62 bits per heavy atom. The molecule has 0 spiro atoms. The second-order valence-corrected chi connectivity index (χ2v) is 2.53. The van der Waals surface area contributed by atoms with Crippen molar-refractivity contribution in [1.82, 2.24) is 0 Å². The van der Waals surface area contributed by atoms with Crippen molar-refractivity contribution in [2.45, 2.75) is 6.36 Å². The molecule has 0 aliphatic rings. The fourth-order valence-electron chi connectivity index (χ4n) is 0.933. The van der Waals surface area contributed by atoms with Crippen molar-refractivity contribution in [3.8, 4) is 11.8 Å². The first kappa shape index (κ1) is 11.7. The van der Waals surface area contributed by atoms with Gasteiger partial charge >= 0.3 is 6.36 Å². The van der Waals surface area contributed by atoms with Crippen LogP contribution in [0.2, 0.25) is 0 Å². The van der Waals surface area contributed by atoms with E-state index in [1.54, 1.807) is 0 Å². The SMILES string of the molecule is N#Cc1cc(N=[N+]=[N-])ccc1OC(F)(F)F. The van der Waals surface area contributed by atoms with Crippen molar-refractivity contribution in [3.05, 3.63) is 34.2 Å². The molecule has 0 radical (unpaired) electrons. The van der Waals surface area contributed by atoms with Crippen LogP contribution in [-0.2, 0) is 0 Å². The molecule has 16 heavy (non-hydrogen) atoms. The van der Waals surface area contributed by atoms with Gasteiger partial charge in [0.15, 0.2) is 0 Å². The van der Waals surface area contributed by atoms with E-state index >= 15 is 0 Å². The normalized spacial score (nSPS) is 10.1. The summed E-state index contributed by atoms with van der Waals surface area (Å²) in [7, 11) is 0. The lowest BCUT2D eigenvalue weighted by molar-refractivity contribution is -0.274. The first-order valence-corrected chi connectivity index (χ1v) is 3.81. The highest BCUT2D eigenvalue weighted by molar-refractivity contribution is 5.52. The Morgan fingerprint density at radius 1 is 1.44 bits per heavy atom. The highest BCUT2D eigenvalue weighted by atomic mass is 19.4. The summed E-state index contributed by atoms with van der Waals surface area (Å²) < 4.78 is 39.3. The minimum atomic E-state index is -4.87. The van der Waals surface area contributed by atoms with Gasteiger partial charge in [-0.1, -0.05) is 5.11 Å². The molecule has 1 aromatic carbocycles. The minimum Gasteiger partial charge on any atom is -0.404 e. The molecule has 0 unspecified atom stereocenters. The van der Waals surface area contributed by atoms with Crippen molar-refractivity contribution >= 4 is 5.69 Å². The third-order valence-electron chi connectivity index (χ3n) is 1.47. The second-order valence-electron chi connectivity index (χ2n) is 2.53. The number of benzene rings is 1. The van der Waals surface area contributed by atoms with Gasteiger partial charge in [-0.15, -0.1) is 13.2 Å². The van der Waals surface area contributed by atoms with Crippen LogP contribution in [0.25, 0.3) is 10.4 Å². The van der Waals surface area contributed by atoms with Gasteiger partial charge in [0, 0.05) is 10.6 Å². The topological polar surface area (TPSA) is 81.8 Å². The van der Waals surface area contributed by atoms with Gasteiger partial charge < -0.3 is 4.74 Å². The quantitative estimate of drug-likeness (QED) is 0.441. The largest absolute Gasteiger partial charge is 0.573 e. The zero-order valence-electron chi connectivity index (χ0n) is 7.56. The molecule has 0 bridgehead atoms. The van der Waals surface area contributed by atoms with Crippen LogP contribution in [0.4, 0.5) is 18.9 Å². The first-order valence-electron chi connectivity index (χ1n) is 3.81. The predicted molar refractivity (Wildman–Crippen MR) is 46.6 cm³/mol. The molecule has 0 aromatic heterocycles. The summed E-state index contributed by atoms with van der Waals surface area (Å²) in [4.78, 5) is 2.44. The average Bonchev–Trinajstić information content (AvgIpc) is 2.18. The molecule has 0 aliphatic heterocycles. The van der Waals surface area contributed by atoms with Gasteiger partial charge in [-0.3, -0.25) is 0 Å². The van der Waals surface area contributed by atoms with Gasteiger partial charge in [0.2, 0.25) is 0 Å². The lowest BCUT2D eigenvalue weighted by Crippen LogP contribution is -2.17. The molecule has 0 amide bonds. The predicted octanol–water partition coefficient (Wildman–Crippen LogP) is 3.40. The van der Waals surface area contributed by atoms with Crippen molar-refractivity contribution in [1.29, 1.82) is 5.26 Å². The standard InChI is InChI=1S/C8H3F3N4O/c9-8(10,11)16-7-2-1-6(14-15-13)3-5(7)4-12/h1-3H. The van der Waals surface area contributed by atoms with E-state index in [-0.39, 0.29) is 11.3 Å². The Bertz CT molecular complexity index is 485. The number of hydrogen-bond acceptors (Lipinski definition) is 3. The number of azide groups is 1. The summed E-state index contributed by atoms with van der Waals surface area (Å²) in [6.45, 7) is 0. The number of halogens is 3. The van der Waals surface area contributed by atoms with E-state index in [0.29, 0.717) is 0 Å². The summed E-state index contributed by atoms with van der Waals surface area (Å²) in [6.07, 6.45) is -4.87. The first-order chi connectivity index (χ1) is 7.46. The molecule has 1 aromatic rings. The Balaban J connectivity index is 3.13. The molecule has 0 aliphatic carbocycles. The lowest BCUT2D eigenvalue weighted by Gasteiger charge is -2.09. The third-order valence-corrected chi connectivity index (χ3v) is 1.47. The summed E-state index contributed by atoms with van der Waals surface area (Å²) in [6, 6.07) is 4.53. The zero-order valence-corrected chi connectivity index (χ0v) is 7.56. The van der Waals surface area contributed by atoms with E-state index in [2.05, 4.69) is 14.8 Å². The van der Waals surface area contributed by atoms with Gasteiger partial charge in [-0.05, 0) is 23.7 Å². The molecule has 0 atom stereocenters. The van der Waals surface area contributed by atoms with Crippen molar-refractivity contribution < 1.29 is 17.9 Å². The third kappa shape index (κ3) is 3.08. The fraction of sp³-hybridized carbons (Fsp3) is 0.125. The number of hydrogen-bond donors (Lipinski definition) is 0. The molecule has 8 heteroatoms. The average molecular weight is 228 g/mol. The second kappa shape index (κ2) is 4.42. The van der Waals surface area contributed by atoms with Crippen molar-refractivity contribution in [3.63, 3.8) is 0 Å². The van der Waals surface area contributed by atoms with Crippen LogP contribution in [0.5, 0.6) is 5.75 Å². The van der Waals surface area contributed by atoms with E-state index in [1.165, 1.54) is 6.07 Å². The molecule has 0 saturated carbocycles. The van der Waals surface area contributed by atoms with Crippen LogP contribution in [0.15, 0.2) is 23.3 Å². The van der Waals surface area contributed by atoms with E-state index < -0.39 is 12.1 Å². The monoisotopic (exact) mass is 228 g/mol. The van der Waals surface area contributed by atoms with E-state index in [9.17, 15) is 13.2 Å². The van der Waals surface area contributed by atoms with Crippen LogP contribution < -0.4 is 4.74 Å². The number of alkyl halides is 3. The molecule has 5 nitrogen and oxygen atoms in total. The summed E-state index contributed by atoms with van der Waals surface area (Å²) in [5.74, 6) is -0.633. The van der Waals surface area contributed by atoms with Crippen molar-refractivity contribution in [2.24, 2.45) is 5.11 Å². The maximum atomic E-state index is 11.9.